The molecule has 1 aliphatic heterocycles. The number of hydrogen-bond donors (Lipinski definition) is 0. The average molecular weight is 279 g/mol. The number of rotatable bonds is 2. The average Bonchev–Trinajstić information content (AvgIpc) is 2.69. The Hall–Kier alpha value is -1.07. The Balaban J connectivity index is 1.92. The molecule has 0 aliphatic carbocycles. The highest BCUT2D eigenvalue weighted by Crippen LogP contribution is 2.34. The van der Waals surface area contributed by atoms with Gasteiger partial charge in [0.2, 0.25) is 0 Å². The van der Waals surface area contributed by atoms with Crippen LogP contribution in [0.2, 0.25) is 0 Å². The first-order valence-corrected chi connectivity index (χ1v) is 8.55. The molecule has 5 heteroatoms. The Kier molecular flexibility index (Phi) is 3.03. The van der Waals surface area contributed by atoms with Gasteiger partial charge in [0.1, 0.15) is 0 Å². The van der Waals surface area contributed by atoms with Gasteiger partial charge < -0.3 is 0 Å². The zero-order valence-electron chi connectivity index (χ0n) is 9.74. The van der Waals surface area contributed by atoms with Crippen LogP contribution in [0.15, 0.2) is 41.4 Å². The minimum absolute atomic E-state index is 0.169. The van der Waals surface area contributed by atoms with Gasteiger partial charge in [0.25, 0.3) is 0 Å². The number of fused-ring (bicyclic) bond motifs is 1. The molecule has 2 aromatic rings. The molecule has 0 bridgehead atoms. The summed E-state index contributed by atoms with van der Waals surface area (Å²) in [6.45, 7) is 0. The number of pyridine rings is 1. The van der Waals surface area contributed by atoms with Crippen LogP contribution >= 0.6 is 11.8 Å². The zero-order valence-corrected chi connectivity index (χ0v) is 11.4. The van der Waals surface area contributed by atoms with Crippen LogP contribution in [0.5, 0.6) is 0 Å². The summed E-state index contributed by atoms with van der Waals surface area (Å²) in [5.74, 6) is 0.615. The first-order valence-electron chi connectivity index (χ1n) is 5.85. The van der Waals surface area contributed by atoms with Crippen LogP contribution in [0.25, 0.3) is 10.9 Å². The highest BCUT2D eigenvalue weighted by molar-refractivity contribution is 8.02. The van der Waals surface area contributed by atoms with Crippen molar-refractivity contribution < 1.29 is 8.42 Å². The molecule has 0 spiro atoms. The molecule has 1 aliphatic rings. The second-order valence-electron chi connectivity index (χ2n) is 4.47. The van der Waals surface area contributed by atoms with Gasteiger partial charge in [-0.1, -0.05) is 18.2 Å². The van der Waals surface area contributed by atoms with Gasteiger partial charge in [0.15, 0.2) is 9.84 Å². The molecule has 2 heterocycles. The molecule has 3 nitrogen and oxygen atoms in total. The summed E-state index contributed by atoms with van der Waals surface area (Å²) >= 11 is 1.64. The molecule has 18 heavy (non-hydrogen) atoms. The second kappa shape index (κ2) is 4.55. The Labute approximate surface area is 111 Å². The highest BCUT2D eigenvalue weighted by Gasteiger charge is 2.28. The van der Waals surface area contributed by atoms with Crippen LogP contribution in [0.3, 0.4) is 0 Å². The van der Waals surface area contributed by atoms with Gasteiger partial charge in [-0.3, -0.25) is 4.98 Å². The van der Waals surface area contributed by atoms with Crippen molar-refractivity contribution in [1.29, 1.82) is 0 Å². The summed E-state index contributed by atoms with van der Waals surface area (Å²) in [4.78, 5) is 5.47. The zero-order chi connectivity index (χ0) is 12.6. The number of para-hydroxylation sites is 1. The third-order valence-electron chi connectivity index (χ3n) is 3.08. The van der Waals surface area contributed by atoms with E-state index >= 15 is 0 Å². The fraction of sp³-hybridized carbons (Fsp3) is 0.308. The summed E-state index contributed by atoms with van der Waals surface area (Å²) in [5.41, 5.74) is 0.967. The third kappa shape index (κ3) is 2.37. The van der Waals surface area contributed by atoms with E-state index in [1.165, 1.54) is 0 Å². The summed E-state index contributed by atoms with van der Waals surface area (Å²) in [6.07, 6.45) is 2.52. The van der Waals surface area contributed by atoms with E-state index in [2.05, 4.69) is 4.98 Å². The number of aromatic nitrogens is 1. The van der Waals surface area contributed by atoms with Crippen LogP contribution < -0.4 is 0 Å². The Bertz CT molecular complexity index is 677. The van der Waals surface area contributed by atoms with Gasteiger partial charge in [-0.2, -0.15) is 0 Å². The van der Waals surface area contributed by atoms with Gasteiger partial charge in [-0.05, 0) is 18.6 Å². The number of hydrogen-bond acceptors (Lipinski definition) is 4. The number of nitrogens with zero attached hydrogens (tertiary/aromatic N) is 1. The molecule has 1 aromatic carbocycles. The van der Waals surface area contributed by atoms with Crippen molar-refractivity contribution in [3.8, 4) is 0 Å². The minimum Gasteiger partial charge on any atom is -0.255 e. The van der Waals surface area contributed by atoms with E-state index in [1.807, 2.05) is 30.3 Å². The van der Waals surface area contributed by atoms with Crippen LogP contribution in [-0.4, -0.2) is 30.2 Å². The first-order chi connectivity index (χ1) is 8.64. The number of thioether (sulfide) groups is 1. The summed E-state index contributed by atoms with van der Waals surface area (Å²) in [5, 5.41) is 1.27. The molecule has 3 rings (SSSR count). The van der Waals surface area contributed by atoms with E-state index in [9.17, 15) is 8.42 Å². The Morgan fingerprint density at radius 1 is 1.22 bits per heavy atom. The summed E-state index contributed by atoms with van der Waals surface area (Å²) in [7, 11) is -2.81. The third-order valence-corrected chi connectivity index (χ3v) is 6.38. The Morgan fingerprint density at radius 3 is 2.83 bits per heavy atom. The summed E-state index contributed by atoms with van der Waals surface area (Å²) in [6, 6.07) is 9.98. The maximum absolute atomic E-state index is 11.5. The molecule has 0 radical (unpaired) electrons. The van der Waals surface area contributed by atoms with Crippen LogP contribution in [-0.2, 0) is 9.84 Å². The van der Waals surface area contributed by atoms with Crippen molar-refractivity contribution in [2.75, 3.05) is 11.5 Å². The summed E-state index contributed by atoms with van der Waals surface area (Å²) < 4.78 is 22.9. The van der Waals surface area contributed by atoms with Crippen molar-refractivity contribution in [3.63, 3.8) is 0 Å². The SMILES string of the molecule is O=S1(=O)CC[C@H](Sc2cccc3cccnc23)C1. The fourth-order valence-corrected chi connectivity index (χ4v) is 5.83. The predicted octanol–water partition coefficient (Wildman–Crippen LogP) is 2.51. The predicted molar refractivity (Wildman–Crippen MR) is 74.7 cm³/mol. The van der Waals surface area contributed by atoms with Crippen LogP contribution in [0.4, 0.5) is 0 Å². The van der Waals surface area contributed by atoms with Crippen molar-refractivity contribution in [2.45, 2.75) is 16.6 Å². The lowest BCUT2D eigenvalue weighted by Gasteiger charge is -2.09. The van der Waals surface area contributed by atoms with E-state index in [0.717, 1.165) is 22.2 Å². The molecular weight excluding hydrogens is 266 g/mol. The topological polar surface area (TPSA) is 47.0 Å². The van der Waals surface area contributed by atoms with Crippen molar-refractivity contribution >= 4 is 32.5 Å². The number of sulfone groups is 1. The molecule has 1 saturated heterocycles. The lowest BCUT2D eigenvalue weighted by Crippen LogP contribution is -2.06. The minimum atomic E-state index is -2.81. The molecular formula is C13H13NO2S2. The van der Waals surface area contributed by atoms with Crippen molar-refractivity contribution in [2.24, 2.45) is 0 Å². The smallest absolute Gasteiger partial charge is 0.151 e. The maximum atomic E-state index is 11.5. The fourth-order valence-electron chi connectivity index (χ4n) is 2.20. The molecule has 94 valence electrons. The van der Waals surface area contributed by atoms with E-state index in [1.54, 1.807) is 18.0 Å². The van der Waals surface area contributed by atoms with E-state index in [0.29, 0.717) is 11.5 Å². The molecule has 0 amide bonds. The molecule has 0 saturated carbocycles. The molecule has 0 unspecified atom stereocenters. The normalized spacial score (nSPS) is 22.3. The highest BCUT2D eigenvalue weighted by atomic mass is 32.2. The van der Waals surface area contributed by atoms with E-state index in [4.69, 9.17) is 0 Å². The quantitative estimate of drug-likeness (QED) is 0.847. The molecule has 1 atom stereocenters. The molecule has 0 N–H and O–H groups in total. The van der Waals surface area contributed by atoms with Gasteiger partial charge in [-0.25, -0.2) is 8.42 Å². The monoisotopic (exact) mass is 279 g/mol. The van der Waals surface area contributed by atoms with E-state index < -0.39 is 9.84 Å². The second-order valence-corrected chi connectivity index (χ2v) is 8.05. The van der Waals surface area contributed by atoms with Crippen LogP contribution in [0.1, 0.15) is 6.42 Å². The first kappa shape index (κ1) is 12.0. The lowest BCUT2D eigenvalue weighted by atomic mass is 10.2. The van der Waals surface area contributed by atoms with Gasteiger partial charge in [0.05, 0.1) is 17.0 Å². The maximum Gasteiger partial charge on any atom is 0.151 e. The van der Waals surface area contributed by atoms with Crippen molar-refractivity contribution in [3.05, 3.63) is 36.5 Å². The number of benzene rings is 1. The van der Waals surface area contributed by atoms with Gasteiger partial charge in [-0.15, -0.1) is 11.8 Å². The van der Waals surface area contributed by atoms with Crippen molar-refractivity contribution in [1.82, 2.24) is 4.98 Å². The van der Waals surface area contributed by atoms with Gasteiger partial charge >= 0.3 is 0 Å². The standard InChI is InChI=1S/C13H13NO2S2/c15-18(16)8-6-11(9-18)17-12-5-1-3-10-4-2-7-14-13(10)12/h1-5,7,11H,6,8-9H2/t11-/m0/s1. The molecule has 1 aromatic heterocycles. The lowest BCUT2D eigenvalue weighted by molar-refractivity contribution is 0.602. The van der Waals surface area contributed by atoms with Gasteiger partial charge in [0, 0.05) is 21.7 Å². The van der Waals surface area contributed by atoms with Crippen LogP contribution in [0, 0.1) is 0 Å². The van der Waals surface area contributed by atoms with E-state index in [-0.39, 0.29) is 5.25 Å². The molecule has 1 fully saturated rings. The largest absolute Gasteiger partial charge is 0.255 e. The Morgan fingerprint density at radius 2 is 2.06 bits per heavy atom.